The van der Waals surface area contributed by atoms with E-state index in [1.54, 1.807) is 18.1 Å². The Balaban J connectivity index is 1.41. The van der Waals surface area contributed by atoms with E-state index in [0.717, 1.165) is 25.7 Å². The molecule has 3 aliphatic heterocycles. The minimum atomic E-state index is -0.790. The fourth-order valence-electron chi connectivity index (χ4n) is 4.87. The number of hydrogen-bond donors (Lipinski definition) is 0. The number of halogens is 1. The summed E-state index contributed by atoms with van der Waals surface area (Å²) in [5, 5.41) is 13.7. The summed E-state index contributed by atoms with van der Waals surface area (Å²) in [6.07, 6.45) is 4.61. The average molecular weight is 452 g/mol. The second kappa shape index (κ2) is 7.33. The number of methoxy groups -OCH3 is 1. The highest BCUT2D eigenvalue weighted by molar-refractivity contribution is 6.13. The zero-order valence-electron chi connectivity index (χ0n) is 17.9. The van der Waals surface area contributed by atoms with Crippen molar-refractivity contribution < 1.29 is 23.2 Å². The minimum absolute atomic E-state index is 0.176. The van der Waals surface area contributed by atoms with Crippen molar-refractivity contribution in [2.45, 2.75) is 49.5 Å². The number of nitrogens with zero attached hydrogens (tertiary/aromatic N) is 6. The topological polar surface area (TPSA) is 117 Å². The molecule has 1 amide bonds. The number of rotatable bonds is 5. The second-order valence-electron chi connectivity index (χ2n) is 8.70. The Bertz CT molecular complexity index is 1200. The van der Waals surface area contributed by atoms with Crippen molar-refractivity contribution >= 4 is 23.6 Å². The number of carbonyl (C=O) groups is 1. The van der Waals surface area contributed by atoms with Crippen LogP contribution in [0.15, 0.2) is 21.6 Å². The molecule has 4 heterocycles. The minimum Gasteiger partial charge on any atom is -0.376 e. The van der Waals surface area contributed by atoms with Gasteiger partial charge in [-0.3, -0.25) is 9.79 Å². The number of amides is 1. The van der Waals surface area contributed by atoms with Crippen molar-refractivity contribution in [3.63, 3.8) is 0 Å². The molecule has 3 unspecified atom stereocenters. The van der Waals surface area contributed by atoms with E-state index in [9.17, 15) is 14.4 Å². The average Bonchev–Trinajstić information content (AvgIpc) is 3.23. The van der Waals surface area contributed by atoms with Gasteiger partial charge in [-0.15, -0.1) is 0 Å². The van der Waals surface area contributed by atoms with E-state index in [0.29, 0.717) is 18.1 Å². The summed E-state index contributed by atoms with van der Waals surface area (Å²) < 4.78 is 31.3. The lowest BCUT2D eigenvalue weighted by molar-refractivity contribution is -0.120. The standard InChI is InChI=1S/C22H21FN6O4/c1-31-22(6-7-22)21-26-19(33-27-21)16-18-20(30)28(10-12-3-2-8-32-12)17-13(9-24)14(23)4-5-15(17)29(18)11-25-16/h4-5,11-12,16,18H,2-3,6-8,10H2,1H3. The number of fused-ring (bicyclic) bond motifs is 3. The SMILES string of the molecule is COC1(c2noc(C3N=CN4c5ccc(F)c(C#N)c5N(CC5CCCO5)C(=O)C34)n2)CC1. The highest BCUT2D eigenvalue weighted by atomic mass is 19.1. The molecule has 11 heteroatoms. The number of ether oxygens (including phenoxy) is 2. The molecule has 33 heavy (non-hydrogen) atoms. The van der Waals surface area contributed by atoms with Gasteiger partial charge in [0.05, 0.1) is 30.4 Å². The molecule has 0 N–H and O–H groups in total. The molecule has 1 aromatic heterocycles. The third kappa shape index (κ3) is 2.98. The van der Waals surface area contributed by atoms with Crippen LogP contribution >= 0.6 is 0 Å². The maximum Gasteiger partial charge on any atom is 0.254 e. The van der Waals surface area contributed by atoms with Gasteiger partial charge in [0.15, 0.2) is 6.04 Å². The Labute approximate surface area is 188 Å². The van der Waals surface area contributed by atoms with Gasteiger partial charge in [0, 0.05) is 13.7 Å². The van der Waals surface area contributed by atoms with E-state index in [2.05, 4.69) is 15.1 Å². The molecule has 0 spiro atoms. The van der Waals surface area contributed by atoms with Crippen molar-refractivity contribution in [3.8, 4) is 6.07 Å². The molecule has 170 valence electrons. The molecule has 1 saturated carbocycles. The highest BCUT2D eigenvalue weighted by Gasteiger charge is 2.52. The fourth-order valence-corrected chi connectivity index (χ4v) is 4.87. The number of aliphatic imine (C=N–C) groups is 1. The van der Waals surface area contributed by atoms with E-state index >= 15 is 0 Å². The van der Waals surface area contributed by atoms with Crippen LogP contribution in [0.2, 0.25) is 0 Å². The molecule has 10 nitrogen and oxygen atoms in total. The van der Waals surface area contributed by atoms with Crippen molar-refractivity contribution in [2.75, 3.05) is 30.1 Å². The fraction of sp³-hybridized carbons (Fsp3) is 0.500. The van der Waals surface area contributed by atoms with Gasteiger partial charge in [0.25, 0.3) is 11.8 Å². The van der Waals surface area contributed by atoms with Crippen molar-refractivity contribution in [1.29, 1.82) is 5.26 Å². The molecule has 1 saturated heterocycles. The van der Waals surface area contributed by atoms with Crippen LogP contribution in [-0.2, 0) is 19.9 Å². The van der Waals surface area contributed by atoms with Crippen LogP contribution in [0.25, 0.3) is 0 Å². The predicted molar refractivity (Wildman–Crippen MR) is 112 cm³/mol. The zero-order valence-corrected chi connectivity index (χ0v) is 17.9. The van der Waals surface area contributed by atoms with Gasteiger partial charge in [-0.05, 0) is 37.8 Å². The molecule has 3 atom stereocenters. The molecule has 1 aromatic carbocycles. The Hall–Kier alpha value is -3.36. The van der Waals surface area contributed by atoms with Crippen molar-refractivity contribution in [3.05, 3.63) is 35.2 Å². The first-order chi connectivity index (χ1) is 16.1. The van der Waals surface area contributed by atoms with Crippen LogP contribution in [0.5, 0.6) is 0 Å². The van der Waals surface area contributed by atoms with Crippen LogP contribution in [0.3, 0.4) is 0 Å². The van der Waals surface area contributed by atoms with Crippen LogP contribution in [0.1, 0.15) is 49.0 Å². The monoisotopic (exact) mass is 452 g/mol. The van der Waals surface area contributed by atoms with E-state index in [4.69, 9.17) is 14.0 Å². The summed E-state index contributed by atoms with van der Waals surface area (Å²) in [4.78, 5) is 25.9. The summed E-state index contributed by atoms with van der Waals surface area (Å²) in [5.41, 5.74) is 0.0591. The third-order valence-corrected chi connectivity index (χ3v) is 6.84. The predicted octanol–water partition coefficient (Wildman–Crippen LogP) is 2.20. The number of aromatic nitrogens is 2. The molecule has 2 fully saturated rings. The van der Waals surface area contributed by atoms with Gasteiger partial charge >= 0.3 is 0 Å². The first-order valence-electron chi connectivity index (χ1n) is 10.9. The van der Waals surface area contributed by atoms with E-state index in [1.807, 2.05) is 6.07 Å². The molecule has 2 aromatic rings. The van der Waals surface area contributed by atoms with Crippen molar-refractivity contribution in [1.82, 2.24) is 10.1 Å². The lowest BCUT2D eigenvalue weighted by Gasteiger charge is -2.40. The van der Waals surface area contributed by atoms with Crippen LogP contribution in [-0.4, -0.2) is 54.8 Å². The third-order valence-electron chi connectivity index (χ3n) is 6.84. The molecule has 4 aliphatic rings. The van der Waals surface area contributed by atoms with Gasteiger partial charge in [-0.2, -0.15) is 10.2 Å². The van der Waals surface area contributed by atoms with E-state index in [-0.39, 0.29) is 35.7 Å². The Morgan fingerprint density at radius 2 is 2.24 bits per heavy atom. The summed E-state index contributed by atoms with van der Waals surface area (Å²) in [5.74, 6) is -0.338. The molecule has 0 radical (unpaired) electrons. The molecular formula is C22H21FN6O4. The van der Waals surface area contributed by atoms with E-state index in [1.165, 1.54) is 17.3 Å². The maximum atomic E-state index is 14.5. The first-order valence-corrected chi connectivity index (χ1v) is 10.9. The second-order valence-corrected chi connectivity index (χ2v) is 8.70. The van der Waals surface area contributed by atoms with E-state index < -0.39 is 23.5 Å². The van der Waals surface area contributed by atoms with Crippen LogP contribution in [0.4, 0.5) is 15.8 Å². The Kier molecular flexibility index (Phi) is 4.50. The normalized spacial score (nSPS) is 26.9. The summed E-state index contributed by atoms with van der Waals surface area (Å²) >= 11 is 0. The zero-order chi connectivity index (χ0) is 22.7. The number of benzene rings is 1. The smallest absolute Gasteiger partial charge is 0.254 e. The number of carbonyl (C=O) groups excluding carboxylic acids is 1. The number of nitriles is 1. The van der Waals surface area contributed by atoms with Crippen molar-refractivity contribution in [2.24, 2.45) is 4.99 Å². The highest BCUT2D eigenvalue weighted by Crippen LogP contribution is 2.49. The van der Waals surface area contributed by atoms with Gasteiger partial charge in [-0.1, -0.05) is 5.16 Å². The largest absolute Gasteiger partial charge is 0.376 e. The Morgan fingerprint density at radius 3 is 2.94 bits per heavy atom. The summed E-state index contributed by atoms with van der Waals surface area (Å²) in [6, 6.07) is 3.19. The molecule has 0 bridgehead atoms. The van der Waals surface area contributed by atoms with Gasteiger partial charge < -0.3 is 23.8 Å². The molecule has 1 aliphatic carbocycles. The van der Waals surface area contributed by atoms with Crippen LogP contribution < -0.4 is 9.80 Å². The summed E-state index contributed by atoms with van der Waals surface area (Å²) in [6.45, 7) is 0.837. The maximum absolute atomic E-state index is 14.5. The lowest BCUT2D eigenvalue weighted by atomic mass is 9.98. The number of hydrogen-bond acceptors (Lipinski definition) is 9. The van der Waals surface area contributed by atoms with Gasteiger partial charge in [0.1, 0.15) is 29.1 Å². The van der Waals surface area contributed by atoms with Gasteiger partial charge in [-0.25, -0.2) is 4.39 Å². The molecule has 6 rings (SSSR count). The Morgan fingerprint density at radius 1 is 1.39 bits per heavy atom. The summed E-state index contributed by atoms with van der Waals surface area (Å²) in [7, 11) is 1.61. The van der Waals surface area contributed by atoms with Gasteiger partial charge in [0.2, 0.25) is 5.82 Å². The first kappa shape index (κ1) is 20.3. The number of anilines is 2. The van der Waals surface area contributed by atoms with Crippen LogP contribution in [0, 0.1) is 17.1 Å². The molecular weight excluding hydrogens is 431 g/mol. The quantitative estimate of drug-likeness (QED) is 0.678. The lowest BCUT2D eigenvalue weighted by Crippen LogP contribution is -2.55.